The van der Waals surface area contributed by atoms with Crippen LogP contribution < -0.4 is 20.7 Å². The van der Waals surface area contributed by atoms with E-state index in [1.54, 1.807) is 18.7 Å². The quantitative estimate of drug-likeness (QED) is 0.426. The molecule has 0 N–H and O–H groups in total. The van der Waals surface area contributed by atoms with Gasteiger partial charge in [-0.1, -0.05) is 19.1 Å². The Bertz CT molecular complexity index is 1490. The standard InChI is InChI=1S/C27H29N3O5/c1-5-15-34-20-12-8-18(9-13-20)25-24-23-21(26(31)29(3)27(32)28(23)2)22(30(24)14-16-35-25)17-6-10-19(33-4)11-7-17/h6-13,25H,5,14-16H2,1-4H3. The van der Waals surface area contributed by atoms with Gasteiger partial charge in [0, 0.05) is 20.6 Å². The summed E-state index contributed by atoms with van der Waals surface area (Å²) in [6.45, 7) is 3.77. The van der Waals surface area contributed by atoms with Crippen LogP contribution in [0.3, 0.4) is 0 Å². The van der Waals surface area contributed by atoms with Gasteiger partial charge in [0.25, 0.3) is 5.56 Å². The molecule has 0 saturated carbocycles. The summed E-state index contributed by atoms with van der Waals surface area (Å²) in [7, 11) is 4.84. The molecule has 0 bridgehead atoms. The maximum Gasteiger partial charge on any atom is 0.331 e. The van der Waals surface area contributed by atoms with Gasteiger partial charge in [-0.15, -0.1) is 0 Å². The molecule has 8 heteroatoms. The fourth-order valence-corrected chi connectivity index (χ4v) is 4.84. The highest BCUT2D eigenvalue weighted by Gasteiger charge is 2.33. The molecule has 35 heavy (non-hydrogen) atoms. The van der Waals surface area contributed by atoms with Gasteiger partial charge < -0.3 is 18.8 Å². The molecule has 1 aliphatic rings. The first-order valence-electron chi connectivity index (χ1n) is 11.8. The van der Waals surface area contributed by atoms with Crippen LogP contribution in [0.25, 0.3) is 22.2 Å². The molecule has 1 aliphatic heterocycles. The SMILES string of the molecule is CCCOc1ccc(C2OCCn3c(-c4ccc(OC)cc4)c4c(=O)n(C)c(=O)n(C)c4c32)cc1. The summed E-state index contributed by atoms with van der Waals surface area (Å²) >= 11 is 0. The van der Waals surface area contributed by atoms with Crippen LogP contribution in [-0.4, -0.2) is 34.0 Å². The highest BCUT2D eigenvalue weighted by Crippen LogP contribution is 2.41. The minimum absolute atomic E-state index is 0.321. The van der Waals surface area contributed by atoms with E-state index in [1.807, 2.05) is 48.5 Å². The average Bonchev–Trinajstić information content (AvgIpc) is 3.25. The molecule has 0 spiro atoms. The number of methoxy groups -OCH3 is 1. The van der Waals surface area contributed by atoms with Gasteiger partial charge >= 0.3 is 5.69 Å². The van der Waals surface area contributed by atoms with E-state index < -0.39 is 6.10 Å². The van der Waals surface area contributed by atoms with Crippen molar-refractivity contribution < 1.29 is 14.2 Å². The van der Waals surface area contributed by atoms with Crippen LogP contribution in [0, 0.1) is 0 Å². The van der Waals surface area contributed by atoms with E-state index in [4.69, 9.17) is 14.2 Å². The van der Waals surface area contributed by atoms with E-state index in [2.05, 4.69) is 11.5 Å². The van der Waals surface area contributed by atoms with E-state index in [0.717, 1.165) is 45.0 Å². The van der Waals surface area contributed by atoms with Crippen molar-refractivity contribution in [2.75, 3.05) is 20.3 Å². The van der Waals surface area contributed by atoms with E-state index in [-0.39, 0.29) is 11.2 Å². The van der Waals surface area contributed by atoms with Gasteiger partial charge in [0.2, 0.25) is 0 Å². The van der Waals surface area contributed by atoms with Crippen LogP contribution >= 0.6 is 0 Å². The Morgan fingerprint density at radius 2 is 1.66 bits per heavy atom. The van der Waals surface area contributed by atoms with Gasteiger partial charge in [-0.3, -0.25) is 13.9 Å². The predicted molar refractivity (Wildman–Crippen MR) is 134 cm³/mol. The van der Waals surface area contributed by atoms with Gasteiger partial charge in [0.05, 0.1) is 42.6 Å². The van der Waals surface area contributed by atoms with Crippen molar-refractivity contribution >= 4 is 10.9 Å². The zero-order valence-corrected chi connectivity index (χ0v) is 20.4. The lowest BCUT2D eigenvalue weighted by atomic mass is 10.0. The van der Waals surface area contributed by atoms with Crippen LogP contribution in [-0.2, 0) is 25.4 Å². The Kier molecular flexibility index (Phi) is 5.98. The molecule has 0 radical (unpaired) electrons. The molecular weight excluding hydrogens is 446 g/mol. The summed E-state index contributed by atoms with van der Waals surface area (Å²) in [6.07, 6.45) is 0.501. The molecule has 2 aromatic heterocycles. The molecule has 0 fully saturated rings. The summed E-state index contributed by atoms with van der Waals surface area (Å²) in [5.41, 5.74) is 3.30. The lowest BCUT2D eigenvalue weighted by molar-refractivity contribution is 0.0478. The summed E-state index contributed by atoms with van der Waals surface area (Å²) < 4.78 is 22.2. The van der Waals surface area contributed by atoms with Crippen LogP contribution in [0.4, 0.5) is 0 Å². The first-order chi connectivity index (χ1) is 17.0. The Morgan fingerprint density at radius 3 is 2.31 bits per heavy atom. The molecule has 182 valence electrons. The van der Waals surface area contributed by atoms with Gasteiger partial charge in [-0.2, -0.15) is 0 Å². The monoisotopic (exact) mass is 475 g/mol. The molecular formula is C27H29N3O5. The minimum Gasteiger partial charge on any atom is -0.497 e. The number of fused-ring (bicyclic) bond motifs is 3. The summed E-state index contributed by atoms with van der Waals surface area (Å²) in [5, 5.41) is 0.508. The third kappa shape index (κ3) is 3.74. The second kappa shape index (κ2) is 9.11. The first kappa shape index (κ1) is 23.0. The van der Waals surface area contributed by atoms with Gasteiger partial charge in [0.1, 0.15) is 17.6 Å². The molecule has 0 amide bonds. The van der Waals surface area contributed by atoms with Crippen molar-refractivity contribution in [3.05, 3.63) is 80.6 Å². The third-order valence-corrected chi connectivity index (χ3v) is 6.57. The molecule has 5 rings (SSSR count). The molecule has 1 unspecified atom stereocenters. The van der Waals surface area contributed by atoms with E-state index >= 15 is 0 Å². The molecule has 3 heterocycles. The van der Waals surface area contributed by atoms with Gasteiger partial charge in [-0.05, 0) is 53.9 Å². The Hall–Kier alpha value is -3.78. The Labute approximate surface area is 202 Å². The molecule has 0 aliphatic carbocycles. The molecule has 2 aromatic carbocycles. The number of ether oxygens (including phenoxy) is 3. The summed E-state index contributed by atoms with van der Waals surface area (Å²) in [5.74, 6) is 1.53. The van der Waals surface area contributed by atoms with Crippen molar-refractivity contribution in [2.24, 2.45) is 14.1 Å². The highest BCUT2D eigenvalue weighted by molar-refractivity contribution is 5.96. The van der Waals surface area contributed by atoms with Crippen molar-refractivity contribution in [3.63, 3.8) is 0 Å². The molecule has 8 nitrogen and oxygen atoms in total. The number of hydrogen-bond acceptors (Lipinski definition) is 5. The molecule has 0 saturated heterocycles. The first-order valence-corrected chi connectivity index (χ1v) is 11.8. The number of rotatable bonds is 6. The maximum absolute atomic E-state index is 13.5. The smallest absolute Gasteiger partial charge is 0.331 e. The van der Waals surface area contributed by atoms with E-state index in [0.29, 0.717) is 30.7 Å². The predicted octanol–water partition coefficient (Wildman–Crippen LogP) is 3.62. The Morgan fingerprint density at radius 1 is 0.971 bits per heavy atom. The minimum atomic E-state index is -0.434. The Balaban J connectivity index is 1.77. The second-order valence-electron chi connectivity index (χ2n) is 8.71. The van der Waals surface area contributed by atoms with Crippen molar-refractivity contribution in [3.8, 4) is 22.8 Å². The van der Waals surface area contributed by atoms with Crippen molar-refractivity contribution in [2.45, 2.75) is 26.0 Å². The van der Waals surface area contributed by atoms with Crippen LogP contribution in [0.5, 0.6) is 11.5 Å². The second-order valence-corrected chi connectivity index (χ2v) is 8.71. The lowest BCUT2D eigenvalue weighted by Crippen LogP contribution is -2.37. The topological polar surface area (TPSA) is 76.6 Å². The number of aryl methyl sites for hydroxylation is 1. The number of aromatic nitrogens is 3. The summed E-state index contributed by atoms with van der Waals surface area (Å²) in [6, 6.07) is 15.5. The average molecular weight is 476 g/mol. The lowest BCUT2D eigenvalue weighted by Gasteiger charge is -2.28. The van der Waals surface area contributed by atoms with Crippen LogP contribution in [0.2, 0.25) is 0 Å². The highest BCUT2D eigenvalue weighted by atomic mass is 16.5. The van der Waals surface area contributed by atoms with Crippen molar-refractivity contribution in [1.82, 2.24) is 13.7 Å². The number of hydrogen-bond donors (Lipinski definition) is 0. The normalized spacial score (nSPS) is 15.3. The van der Waals surface area contributed by atoms with Crippen LogP contribution in [0.15, 0.2) is 58.1 Å². The van der Waals surface area contributed by atoms with Crippen molar-refractivity contribution in [1.29, 1.82) is 0 Å². The number of nitrogens with zero attached hydrogens (tertiary/aromatic N) is 3. The van der Waals surface area contributed by atoms with Gasteiger partial charge in [0.15, 0.2) is 0 Å². The van der Waals surface area contributed by atoms with Crippen LogP contribution in [0.1, 0.15) is 30.7 Å². The zero-order valence-electron chi connectivity index (χ0n) is 20.4. The molecule has 1 atom stereocenters. The fraction of sp³-hybridized carbons (Fsp3) is 0.333. The third-order valence-electron chi connectivity index (χ3n) is 6.57. The van der Waals surface area contributed by atoms with E-state index in [9.17, 15) is 9.59 Å². The fourth-order valence-electron chi connectivity index (χ4n) is 4.84. The largest absolute Gasteiger partial charge is 0.497 e. The van der Waals surface area contributed by atoms with E-state index in [1.165, 1.54) is 7.05 Å². The van der Waals surface area contributed by atoms with Gasteiger partial charge in [-0.25, -0.2) is 4.79 Å². The maximum atomic E-state index is 13.5. The number of benzene rings is 2. The molecule has 4 aromatic rings. The summed E-state index contributed by atoms with van der Waals surface area (Å²) in [4.78, 5) is 26.4. The zero-order chi connectivity index (χ0) is 24.7.